The van der Waals surface area contributed by atoms with Gasteiger partial charge in [0, 0.05) is 65.2 Å². The monoisotopic (exact) mass is 1020 g/mol. The average Bonchev–Trinajstić information content (AvgIpc) is 4.01. The van der Waals surface area contributed by atoms with E-state index in [4.69, 9.17) is 9.47 Å². The lowest BCUT2D eigenvalue weighted by Gasteiger charge is -2.75. The van der Waals surface area contributed by atoms with Gasteiger partial charge in [-0.05, 0) is 179 Å². The minimum atomic E-state index is -2.19. The number of esters is 1. The molecule has 11 aliphatic carbocycles. The molecule has 10 heteroatoms. The molecule has 400 valence electrons. The molecule has 2 spiro atoms. The maximum Gasteiger partial charge on any atom is 0.331 e. The lowest BCUT2D eigenvalue weighted by Crippen LogP contribution is -2.86. The van der Waals surface area contributed by atoms with E-state index in [1.807, 2.05) is 25.2 Å². The van der Waals surface area contributed by atoms with Crippen LogP contribution in [0.2, 0.25) is 0 Å². The average molecular weight is 1020 g/mol. The van der Waals surface area contributed by atoms with Crippen LogP contribution in [0.5, 0.6) is 0 Å². The molecule has 2 aromatic carbocycles. The minimum Gasteiger partial charge on any atom is -0.454 e. The fraction of sp³-hybridized carbons (Fsp3) is 0.692. The molecule has 4 bridgehead atoms. The van der Waals surface area contributed by atoms with Crippen molar-refractivity contribution in [2.75, 3.05) is 13.7 Å². The summed E-state index contributed by atoms with van der Waals surface area (Å²) in [7, 11) is 1.94. The zero-order valence-corrected chi connectivity index (χ0v) is 44.1. The number of hydrogen-bond donors (Lipinski definition) is 6. The lowest BCUT2D eigenvalue weighted by atomic mass is 9.32. The predicted molar refractivity (Wildman–Crippen MR) is 282 cm³/mol. The van der Waals surface area contributed by atoms with Crippen molar-refractivity contribution in [2.45, 2.75) is 176 Å². The second-order valence-corrected chi connectivity index (χ2v) is 27.1. The summed E-state index contributed by atoms with van der Waals surface area (Å²) in [6, 6.07) is 16.5. The number of aliphatic hydroxyl groups excluding tert-OH is 2. The predicted octanol–water partition coefficient (Wildman–Crippen LogP) is 7.97. The number of carbonyl (C=O) groups is 2. The van der Waals surface area contributed by atoms with Gasteiger partial charge in [-0.15, -0.1) is 0 Å². The Balaban J connectivity index is 0.942. The highest BCUT2D eigenvalue weighted by molar-refractivity contribution is 5.86. The van der Waals surface area contributed by atoms with Crippen LogP contribution in [0.4, 0.5) is 0 Å². The van der Waals surface area contributed by atoms with Crippen LogP contribution in [0.25, 0.3) is 0 Å². The van der Waals surface area contributed by atoms with Crippen LogP contribution in [0, 0.1) is 99.1 Å². The smallest absolute Gasteiger partial charge is 0.331 e. The van der Waals surface area contributed by atoms with Gasteiger partial charge < -0.3 is 45.1 Å². The first-order valence-electron chi connectivity index (χ1n) is 29.8. The van der Waals surface area contributed by atoms with Crippen LogP contribution in [0.3, 0.4) is 0 Å². The van der Waals surface area contributed by atoms with Crippen molar-refractivity contribution in [3.63, 3.8) is 0 Å². The first-order chi connectivity index (χ1) is 36.4. The number of nitrogens with one attached hydrogen (secondary N) is 1. The van der Waals surface area contributed by atoms with Gasteiger partial charge in [0.1, 0.15) is 23.6 Å². The van der Waals surface area contributed by atoms with E-state index in [2.05, 4.69) is 59.6 Å². The number of rotatable bonds is 7. The number of benzene rings is 2. The molecule has 0 radical (unpaired) electrons. The Labute approximate surface area is 443 Å². The van der Waals surface area contributed by atoms with E-state index in [0.717, 1.165) is 67.1 Å². The maximum absolute atomic E-state index is 15.5. The molecule has 8 saturated carbocycles. The van der Waals surface area contributed by atoms with Crippen molar-refractivity contribution in [1.29, 1.82) is 0 Å². The molecule has 2 heterocycles. The molecule has 75 heavy (non-hydrogen) atoms. The molecular formula is C65H81NO9. The number of likely N-dealkylation sites (N-methyl/N-ethyl adjacent to an activating group) is 1. The van der Waals surface area contributed by atoms with Crippen LogP contribution in [0.1, 0.15) is 138 Å². The lowest BCUT2D eigenvalue weighted by molar-refractivity contribution is -0.389. The van der Waals surface area contributed by atoms with Crippen molar-refractivity contribution in [3.05, 3.63) is 94.6 Å². The third kappa shape index (κ3) is 6.65. The highest BCUT2D eigenvalue weighted by Crippen LogP contribution is 2.80. The Hall–Kier alpha value is -3.66. The van der Waals surface area contributed by atoms with Crippen molar-refractivity contribution in [1.82, 2.24) is 5.32 Å². The molecule has 15 rings (SSSR count). The summed E-state index contributed by atoms with van der Waals surface area (Å²) in [6.45, 7) is 0.486. The number of allylic oxidation sites excluding steroid dienone is 2. The SMILES string of the molecule is CN[C@H]1Cc2c(cccc2CO)C#CCC[C@]23CC[C@H]4[C@@](O)([C@@H](O)[C@@H]5C[C@@H]6[C@@H](C7CCCC7)CC=C[C@H]6C[C@@H]6[C@H]7OCC[C@@H]8C[C@@H](CCc9ccccc9)C[C@@]87C[C@@]4(C=O)[C@@]65O)[C@@]2(O)C[C@H]2C[C@@H]1[C@H]1OC(=O)C=C1[C@@H]23. The quantitative estimate of drug-likeness (QED) is 0.0694. The second-order valence-electron chi connectivity index (χ2n) is 27.1. The van der Waals surface area contributed by atoms with E-state index < -0.39 is 69.0 Å². The Morgan fingerprint density at radius 2 is 1.72 bits per heavy atom. The molecule has 2 aliphatic heterocycles. The van der Waals surface area contributed by atoms with Gasteiger partial charge in [-0.2, -0.15) is 0 Å². The summed E-state index contributed by atoms with van der Waals surface area (Å²) < 4.78 is 13.6. The summed E-state index contributed by atoms with van der Waals surface area (Å²) in [5, 5.41) is 72.9. The summed E-state index contributed by atoms with van der Waals surface area (Å²) in [5.74, 6) is 5.45. The van der Waals surface area contributed by atoms with Gasteiger partial charge in [-0.25, -0.2) is 4.79 Å². The summed E-state index contributed by atoms with van der Waals surface area (Å²) in [6.07, 6.45) is 20.1. The molecule has 9 fully saturated rings. The van der Waals surface area contributed by atoms with Crippen LogP contribution < -0.4 is 5.32 Å². The molecule has 21 atom stereocenters. The minimum absolute atomic E-state index is 0.124. The topological polar surface area (TPSA) is 166 Å². The zero-order chi connectivity index (χ0) is 51.3. The Morgan fingerprint density at radius 1 is 0.880 bits per heavy atom. The molecule has 2 aromatic rings. The van der Waals surface area contributed by atoms with Gasteiger partial charge in [0.2, 0.25) is 0 Å². The van der Waals surface area contributed by atoms with Crippen molar-refractivity contribution in [3.8, 4) is 11.8 Å². The standard InChI is InChI=1S/C65H81NO9/c1-66-53-31-47-41(16-9-18-43(47)35-67)15-7-8-24-61-25-22-54-62(37-68)36-60-33-39(21-20-38-11-3-2-4-12-38)27-45(60)23-26-74-59(60)52-29-42-17-10-19-46(40-13-5-6-14-40)48(42)30-51(64(52,62)72)58(70)65(54,73)63(61,71)34-44-28-49(53)57-50(56(44)61)32-55(69)75-57/h2-4,9-12,16-18,32,37,39-40,42,44-46,48-49,51-54,56-59,66-67,70-73H,5-6,8,13-14,19-31,33-36H2,1H3/t39-,42+,44-,45-,46-,48+,49+,51+,52-,53+,54-,56-,57-,58+,59-,60-,61-,62+,63-,64+,65-/m1/s1. The molecule has 6 N–H and O–H groups in total. The van der Waals surface area contributed by atoms with E-state index in [-0.39, 0.29) is 60.7 Å². The number of aliphatic hydroxyl groups is 5. The van der Waals surface area contributed by atoms with Gasteiger partial charge in [-0.1, -0.05) is 92.1 Å². The fourth-order valence-electron chi connectivity index (χ4n) is 22.4. The number of ether oxygens (including phenoxy) is 2. The first-order valence-corrected chi connectivity index (χ1v) is 29.8. The summed E-state index contributed by atoms with van der Waals surface area (Å²) in [5.41, 5.74) is -3.95. The Bertz CT molecular complexity index is 2720. The van der Waals surface area contributed by atoms with Crippen LogP contribution >= 0.6 is 0 Å². The molecule has 10 nitrogen and oxygen atoms in total. The highest BCUT2D eigenvalue weighted by atomic mass is 16.5. The van der Waals surface area contributed by atoms with E-state index in [0.29, 0.717) is 82.1 Å². The highest BCUT2D eigenvalue weighted by Gasteiger charge is 2.87. The third-order valence-corrected chi connectivity index (χ3v) is 25.0. The van der Waals surface area contributed by atoms with E-state index in [1.54, 1.807) is 6.08 Å². The van der Waals surface area contributed by atoms with Crippen molar-refractivity contribution >= 4 is 12.3 Å². The maximum atomic E-state index is 15.5. The van der Waals surface area contributed by atoms with E-state index in [1.165, 1.54) is 31.2 Å². The van der Waals surface area contributed by atoms with Gasteiger partial charge in [0.05, 0.1) is 29.8 Å². The molecule has 0 aromatic heterocycles. The fourth-order valence-corrected chi connectivity index (χ4v) is 22.4. The summed E-state index contributed by atoms with van der Waals surface area (Å²) in [4.78, 5) is 29.3. The number of hydrogen-bond acceptors (Lipinski definition) is 10. The van der Waals surface area contributed by atoms with Crippen LogP contribution in [-0.2, 0) is 38.5 Å². The Kier molecular flexibility index (Phi) is 11.9. The molecule has 1 saturated heterocycles. The van der Waals surface area contributed by atoms with Gasteiger partial charge in [0.15, 0.2) is 0 Å². The number of fused-ring (bicyclic) bond motifs is 8. The third-order valence-electron chi connectivity index (χ3n) is 25.0. The normalized spacial score (nSPS) is 49.0. The number of aldehydes is 1. The first kappa shape index (κ1) is 49.6. The van der Waals surface area contributed by atoms with E-state index in [9.17, 15) is 30.3 Å². The number of carbonyl (C=O) groups excluding carboxylic acids is 2. The molecular weight excluding hydrogens is 939 g/mol. The van der Waals surface area contributed by atoms with Crippen LogP contribution in [0.15, 0.2) is 72.3 Å². The Morgan fingerprint density at radius 3 is 2.52 bits per heavy atom. The van der Waals surface area contributed by atoms with E-state index >= 15 is 4.79 Å². The molecule has 13 aliphatic rings. The van der Waals surface area contributed by atoms with Gasteiger partial charge >= 0.3 is 5.97 Å². The summed E-state index contributed by atoms with van der Waals surface area (Å²) >= 11 is 0. The largest absolute Gasteiger partial charge is 0.454 e. The van der Waals surface area contributed by atoms with Gasteiger partial charge in [-0.3, -0.25) is 0 Å². The van der Waals surface area contributed by atoms with Crippen molar-refractivity contribution in [2.24, 2.45) is 87.3 Å². The van der Waals surface area contributed by atoms with Gasteiger partial charge in [0.25, 0.3) is 0 Å². The van der Waals surface area contributed by atoms with Crippen LogP contribution in [-0.4, -0.2) is 92.6 Å². The van der Waals surface area contributed by atoms with Crippen molar-refractivity contribution < 1.29 is 44.6 Å². The number of aryl methyl sites for hydroxylation is 1. The second kappa shape index (κ2) is 17.9. The molecule has 0 unspecified atom stereocenters. The molecule has 0 amide bonds. The zero-order valence-electron chi connectivity index (χ0n) is 44.1.